The average molecular weight is 406 g/mol. The van der Waals surface area contributed by atoms with Crippen LogP contribution in [0.5, 0.6) is 0 Å². The highest BCUT2D eigenvalue weighted by atomic mass is 32.1. The van der Waals surface area contributed by atoms with Crippen LogP contribution in [0.2, 0.25) is 0 Å². The van der Waals surface area contributed by atoms with Crippen LogP contribution in [0.4, 0.5) is 18.9 Å². The fourth-order valence-electron chi connectivity index (χ4n) is 4.08. The number of carbonyl (C=O) groups excluding carboxylic acids is 1. The quantitative estimate of drug-likeness (QED) is 0.818. The Bertz CT molecular complexity index is 662. The molecular weight excluding hydrogens is 385 g/mol. The third-order valence-electron chi connectivity index (χ3n) is 5.22. The lowest BCUT2D eigenvalue weighted by Crippen LogP contribution is -2.44. The summed E-state index contributed by atoms with van der Waals surface area (Å²) >= 11 is 1.67. The Morgan fingerprint density at radius 1 is 1.22 bits per heavy atom. The second kappa shape index (κ2) is 8.15. The molecule has 1 aromatic heterocycles. The first-order chi connectivity index (χ1) is 12.8. The molecule has 4 rings (SSSR count). The molecule has 1 amide bonds. The number of carboxylic acid groups (broad SMARTS) is 1. The molecule has 1 N–H and O–H groups in total. The molecule has 0 aromatic carbocycles. The van der Waals surface area contributed by atoms with Crippen LogP contribution in [-0.2, 0) is 14.3 Å². The van der Waals surface area contributed by atoms with E-state index in [1.165, 1.54) is 0 Å². The Balaban J connectivity index is 0.000000260. The van der Waals surface area contributed by atoms with E-state index in [1.807, 2.05) is 0 Å². The minimum Gasteiger partial charge on any atom is -0.475 e. The first-order valence-corrected chi connectivity index (χ1v) is 9.71. The summed E-state index contributed by atoms with van der Waals surface area (Å²) in [6.07, 6.45) is -1.03. The van der Waals surface area contributed by atoms with Crippen molar-refractivity contribution in [2.45, 2.75) is 50.0 Å². The number of rotatable bonds is 2. The van der Waals surface area contributed by atoms with E-state index in [9.17, 15) is 18.0 Å². The van der Waals surface area contributed by atoms with Gasteiger partial charge in [0.05, 0.1) is 11.7 Å². The van der Waals surface area contributed by atoms with Gasteiger partial charge in [0, 0.05) is 43.6 Å². The van der Waals surface area contributed by atoms with E-state index in [0.29, 0.717) is 30.5 Å². The number of ether oxygens (including phenoxy) is 1. The number of carbonyl (C=O) groups is 2. The third kappa shape index (κ3) is 4.44. The van der Waals surface area contributed by atoms with Gasteiger partial charge in [-0.05, 0) is 30.7 Å². The number of likely N-dealkylation sites (tertiary alicyclic amines) is 1. The molecule has 1 aromatic rings. The number of aliphatic carboxylic acids is 1. The lowest BCUT2D eigenvalue weighted by molar-refractivity contribution is -0.192. The van der Waals surface area contributed by atoms with Gasteiger partial charge in [-0.1, -0.05) is 0 Å². The van der Waals surface area contributed by atoms with Crippen molar-refractivity contribution in [2.24, 2.45) is 0 Å². The molecule has 3 aliphatic heterocycles. The van der Waals surface area contributed by atoms with Crippen molar-refractivity contribution in [2.75, 3.05) is 24.7 Å². The lowest BCUT2D eigenvalue weighted by atomic mass is 10.0. The normalized spacial score (nSPS) is 26.6. The molecule has 150 valence electrons. The van der Waals surface area contributed by atoms with Gasteiger partial charge in [0.2, 0.25) is 5.91 Å². The summed E-state index contributed by atoms with van der Waals surface area (Å²) in [6, 6.07) is 3.50. The molecule has 3 saturated heterocycles. The fourth-order valence-corrected chi connectivity index (χ4v) is 4.71. The number of fused-ring (bicyclic) bond motifs is 1. The van der Waals surface area contributed by atoms with Crippen LogP contribution in [0.15, 0.2) is 16.8 Å². The van der Waals surface area contributed by atoms with E-state index in [0.717, 1.165) is 44.7 Å². The van der Waals surface area contributed by atoms with E-state index in [2.05, 4.69) is 26.6 Å². The summed E-state index contributed by atoms with van der Waals surface area (Å²) in [5.41, 5.74) is 1.10. The fraction of sp³-hybridized carbons (Fsp3) is 0.647. The summed E-state index contributed by atoms with van der Waals surface area (Å²) < 4.78 is 37.2. The van der Waals surface area contributed by atoms with Crippen molar-refractivity contribution >= 4 is 28.9 Å². The van der Waals surface area contributed by atoms with E-state index in [4.69, 9.17) is 14.6 Å². The van der Waals surface area contributed by atoms with Crippen LogP contribution >= 0.6 is 11.3 Å². The summed E-state index contributed by atoms with van der Waals surface area (Å²) in [5, 5.41) is 11.3. The molecule has 2 atom stereocenters. The van der Waals surface area contributed by atoms with Gasteiger partial charge < -0.3 is 14.7 Å². The minimum absolute atomic E-state index is 0.301. The first-order valence-electron chi connectivity index (χ1n) is 8.77. The van der Waals surface area contributed by atoms with Gasteiger partial charge >= 0.3 is 12.1 Å². The molecule has 6 nitrogen and oxygen atoms in total. The number of alkyl halides is 3. The molecular formula is C17H21F3N2O4S. The standard InChI is InChI=1S/C15H20N2O2S.C2HF3O2/c18-15-9-14-13(17(15)12-4-8-20-10-12)1-5-16(14)11-2-6-19-7-3-11;3-2(4,5)1(6)7/h4,8,10-11,13-14H,1-3,5-7,9H2;(H,6,7)/t13-,14+;/m1./s1. The predicted octanol–water partition coefficient (Wildman–Crippen LogP) is 2.74. The molecule has 0 unspecified atom stereocenters. The number of hydrogen-bond acceptors (Lipinski definition) is 5. The van der Waals surface area contributed by atoms with Crippen molar-refractivity contribution in [3.8, 4) is 0 Å². The Kier molecular flexibility index (Phi) is 6.07. The van der Waals surface area contributed by atoms with Crippen LogP contribution in [0, 0.1) is 0 Å². The van der Waals surface area contributed by atoms with Crippen LogP contribution in [0.1, 0.15) is 25.7 Å². The van der Waals surface area contributed by atoms with Gasteiger partial charge in [-0.2, -0.15) is 24.5 Å². The van der Waals surface area contributed by atoms with E-state index in [-0.39, 0.29) is 0 Å². The number of anilines is 1. The highest BCUT2D eigenvalue weighted by Crippen LogP contribution is 2.38. The van der Waals surface area contributed by atoms with Crippen LogP contribution in [0.25, 0.3) is 0 Å². The monoisotopic (exact) mass is 406 g/mol. The van der Waals surface area contributed by atoms with Crippen LogP contribution in [0.3, 0.4) is 0 Å². The largest absolute Gasteiger partial charge is 0.490 e. The SMILES string of the molecule is O=C(O)C(F)(F)F.O=C1C[C@H]2[C@@H](CCN2C2CCOCC2)N1c1ccsc1. The molecule has 0 radical (unpaired) electrons. The number of thiophene rings is 1. The topological polar surface area (TPSA) is 70.1 Å². The zero-order valence-electron chi connectivity index (χ0n) is 14.5. The van der Waals surface area contributed by atoms with E-state index >= 15 is 0 Å². The molecule has 10 heteroatoms. The maximum absolute atomic E-state index is 12.4. The number of nitrogens with zero attached hydrogens (tertiary/aromatic N) is 2. The molecule has 0 bridgehead atoms. The predicted molar refractivity (Wildman–Crippen MR) is 92.9 cm³/mol. The Labute approximate surface area is 158 Å². The maximum atomic E-state index is 12.4. The van der Waals surface area contributed by atoms with Crippen molar-refractivity contribution in [1.29, 1.82) is 0 Å². The Morgan fingerprint density at radius 2 is 1.89 bits per heavy atom. The summed E-state index contributed by atoms with van der Waals surface area (Å²) in [4.78, 5) is 25.9. The zero-order chi connectivity index (χ0) is 19.6. The van der Waals surface area contributed by atoms with Gasteiger partial charge in [-0.25, -0.2) is 4.79 Å². The first kappa shape index (κ1) is 20.1. The number of carboxylic acids is 1. The number of hydrogen-bond donors (Lipinski definition) is 1. The molecule has 3 fully saturated rings. The van der Waals surface area contributed by atoms with Crippen molar-refractivity contribution in [3.05, 3.63) is 16.8 Å². The highest BCUT2D eigenvalue weighted by Gasteiger charge is 2.49. The third-order valence-corrected chi connectivity index (χ3v) is 5.89. The smallest absolute Gasteiger partial charge is 0.475 e. The molecule has 0 saturated carbocycles. The van der Waals surface area contributed by atoms with Crippen LogP contribution in [-0.4, -0.2) is 65.9 Å². The summed E-state index contributed by atoms with van der Waals surface area (Å²) in [5.74, 6) is -2.46. The summed E-state index contributed by atoms with van der Waals surface area (Å²) in [6.45, 7) is 2.88. The van der Waals surface area contributed by atoms with Crippen molar-refractivity contribution < 1.29 is 32.6 Å². The highest BCUT2D eigenvalue weighted by molar-refractivity contribution is 7.08. The van der Waals surface area contributed by atoms with Crippen molar-refractivity contribution in [1.82, 2.24) is 4.90 Å². The van der Waals surface area contributed by atoms with Crippen LogP contribution < -0.4 is 4.90 Å². The maximum Gasteiger partial charge on any atom is 0.490 e. The molecule has 0 aliphatic carbocycles. The Hall–Kier alpha value is -1.65. The van der Waals surface area contributed by atoms with E-state index < -0.39 is 12.1 Å². The molecule has 0 spiro atoms. The second-order valence-corrected chi connectivity index (χ2v) is 7.54. The second-order valence-electron chi connectivity index (χ2n) is 6.76. The van der Waals surface area contributed by atoms with Gasteiger partial charge in [-0.3, -0.25) is 9.69 Å². The van der Waals surface area contributed by atoms with Gasteiger partial charge in [0.25, 0.3) is 0 Å². The average Bonchev–Trinajstić information content (AvgIpc) is 3.32. The molecule has 3 aliphatic rings. The van der Waals surface area contributed by atoms with Gasteiger partial charge in [0.15, 0.2) is 0 Å². The van der Waals surface area contributed by atoms with Crippen molar-refractivity contribution in [3.63, 3.8) is 0 Å². The van der Waals surface area contributed by atoms with Gasteiger partial charge in [-0.15, -0.1) is 0 Å². The zero-order valence-corrected chi connectivity index (χ0v) is 15.3. The lowest BCUT2D eigenvalue weighted by Gasteiger charge is -2.34. The molecule has 27 heavy (non-hydrogen) atoms. The summed E-state index contributed by atoms with van der Waals surface area (Å²) in [7, 11) is 0. The Morgan fingerprint density at radius 3 is 2.44 bits per heavy atom. The minimum atomic E-state index is -5.08. The number of amides is 1. The van der Waals surface area contributed by atoms with E-state index in [1.54, 1.807) is 11.3 Å². The number of halogens is 3. The molecule has 4 heterocycles. The van der Waals surface area contributed by atoms with Gasteiger partial charge in [0.1, 0.15) is 0 Å².